The maximum Gasteiger partial charge on any atom is 0.269 e. The van der Waals surface area contributed by atoms with E-state index in [2.05, 4.69) is 0 Å². The number of hydrogen-bond acceptors (Lipinski definition) is 5. The molecule has 0 bridgehead atoms. The number of nitrogens with zero attached hydrogens (tertiary/aromatic N) is 2. The molecule has 2 rings (SSSR count). The molecule has 0 radical (unpaired) electrons. The molecule has 1 aromatic carbocycles. The van der Waals surface area contributed by atoms with E-state index in [1.807, 2.05) is 0 Å². The third-order valence-electron chi connectivity index (χ3n) is 3.04. The fraction of sp³-hybridized carbons (Fsp3) is 0.455. The molecule has 1 atom stereocenters. The van der Waals surface area contributed by atoms with Gasteiger partial charge in [-0.2, -0.15) is 4.31 Å². The molecule has 0 saturated carbocycles. The Balaban J connectivity index is 2.26. The summed E-state index contributed by atoms with van der Waals surface area (Å²) in [7, 11) is -3.69. The van der Waals surface area contributed by atoms with Crippen molar-refractivity contribution >= 4 is 15.7 Å². The normalized spacial score (nSPS) is 21.2. The summed E-state index contributed by atoms with van der Waals surface area (Å²) >= 11 is 0. The molecular weight excluding hydrogens is 272 g/mol. The Kier molecular flexibility index (Phi) is 3.83. The third kappa shape index (κ3) is 2.91. The van der Waals surface area contributed by atoms with Gasteiger partial charge in [-0.25, -0.2) is 8.42 Å². The summed E-state index contributed by atoms with van der Waals surface area (Å²) < 4.78 is 25.7. The SMILES string of the molecule is O=[N+]([O-])c1ccc(S(=O)(=O)N2CCCC(O)C2)cc1. The van der Waals surface area contributed by atoms with E-state index in [4.69, 9.17) is 0 Å². The predicted octanol–water partition coefficient (Wildman–Crippen LogP) is 0.740. The molecule has 0 spiro atoms. The summed E-state index contributed by atoms with van der Waals surface area (Å²) in [6.07, 6.45) is 0.543. The van der Waals surface area contributed by atoms with Crippen LogP contribution in [0.5, 0.6) is 0 Å². The zero-order chi connectivity index (χ0) is 14.0. The van der Waals surface area contributed by atoms with Crippen LogP contribution in [0.25, 0.3) is 0 Å². The number of benzene rings is 1. The lowest BCUT2D eigenvalue weighted by Gasteiger charge is -2.29. The lowest BCUT2D eigenvalue weighted by molar-refractivity contribution is -0.384. The minimum atomic E-state index is -3.69. The van der Waals surface area contributed by atoms with Crippen molar-refractivity contribution in [1.29, 1.82) is 0 Å². The quantitative estimate of drug-likeness (QED) is 0.652. The Morgan fingerprint density at radius 2 is 1.95 bits per heavy atom. The molecule has 0 amide bonds. The van der Waals surface area contributed by atoms with Gasteiger partial charge in [0.05, 0.1) is 15.9 Å². The van der Waals surface area contributed by atoms with Crippen molar-refractivity contribution in [3.8, 4) is 0 Å². The zero-order valence-electron chi connectivity index (χ0n) is 10.1. The van der Waals surface area contributed by atoms with Crippen LogP contribution in [-0.4, -0.2) is 41.9 Å². The predicted molar refractivity (Wildman–Crippen MR) is 67.1 cm³/mol. The monoisotopic (exact) mass is 286 g/mol. The number of nitro benzene ring substituents is 1. The van der Waals surface area contributed by atoms with Crippen molar-refractivity contribution in [3.63, 3.8) is 0 Å². The Labute approximate surface area is 110 Å². The van der Waals surface area contributed by atoms with E-state index < -0.39 is 21.1 Å². The van der Waals surface area contributed by atoms with E-state index in [-0.39, 0.29) is 17.1 Å². The van der Waals surface area contributed by atoms with Crippen LogP contribution in [0.15, 0.2) is 29.2 Å². The highest BCUT2D eigenvalue weighted by atomic mass is 32.2. The van der Waals surface area contributed by atoms with Gasteiger partial charge in [0.1, 0.15) is 0 Å². The van der Waals surface area contributed by atoms with E-state index in [1.165, 1.54) is 16.4 Å². The average molecular weight is 286 g/mol. The summed E-state index contributed by atoms with van der Waals surface area (Å²) in [5.41, 5.74) is -0.155. The van der Waals surface area contributed by atoms with Crippen LogP contribution in [0, 0.1) is 10.1 Å². The Bertz CT molecular complexity index is 569. The van der Waals surface area contributed by atoms with Crippen LogP contribution in [0.1, 0.15) is 12.8 Å². The first-order valence-electron chi connectivity index (χ1n) is 5.84. The molecule has 19 heavy (non-hydrogen) atoms. The third-order valence-corrected chi connectivity index (χ3v) is 4.92. The van der Waals surface area contributed by atoms with E-state index in [0.29, 0.717) is 19.4 Å². The van der Waals surface area contributed by atoms with Gasteiger partial charge in [0.25, 0.3) is 5.69 Å². The molecule has 8 heteroatoms. The fourth-order valence-electron chi connectivity index (χ4n) is 2.03. The molecule has 1 fully saturated rings. The number of aliphatic hydroxyl groups excluding tert-OH is 1. The van der Waals surface area contributed by atoms with E-state index in [9.17, 15) is 23.6 Å². The first-order valence-corrected chi connectivity index (χ1v) is 7.28. The molecular formula is C11H14N2O5S. The van der Waals surface area contributed by atoms with Gasteiger partial charge in [-0.15, -0.1) is 0 Å². The maximum atomic E-state index is 12.3. The van der Waals surface area contributed by atoms with Crippen molar-refractivity contribution < 1.29 is 18.4 Å². The molecule has 104 valence electrons. The summed E-state index contributed by atoms with van der Waals surface area (Å²) in [6, 6.07) is 4.75. The van der Waals surface area contributed by atoms with Crippen LogP contribution < -0.4 is 0 Å². The molecule has 1 saturated heterocycles. The number of sulfonamides is 1. The Morgan fingerprint density at radius 3 is 2.47 bits per heavy atom. The smallest absolute Gasteiger partial charge is 0.269 e. The van der Waals surface area contributed by atoms with E-state index in [1.54, 1.807) is 0 Å². The Hall–Kier alpha value is -1.51. The van der Waals surface area contributed by atoms with E-state index >= 15 is 0 Å². The standard InChI is InChI=1S/C11H14N2O5S/c14-10-2-1-7-12(8-10)19(17,18)11-5-3-9(4-6-11)13(15)16/h3-6,10,14H,1-2,7-8H2. The van der Waals surface area contributed by atoms with E-state index in [0.717, 1.165) is 12.1 Å². The van der Waals surface area contributed by atoms with Crippen molar-refractivity contribution in [2.45, 2.75) is 23.8 Å². The first-order chi connectivity index (χ1) is 8.91. The zero-order valence-corrected chi connectivity index (χ0v) is 10.9. The van der Waals surface area contributed by atoms with Gasteiger partial charge in [-0.05, 0) is 25.0 Å². The van der Waals surface area contributed by atoms with Crippen molar-refractivity contribution in [3.05, 3.63) is 34.4 Å². The number of β-amino-alcohol motifs (C(OH)–C–C–N with tert-alkyl or cyclic N) is 1. The number of nitro groups is 1. The molecule has 0 aliphatic carbocycles. The van der Waals surface area contributed by atoms with Gasteiger partial charge in [-0.1, -0.05) is 0 Å². The first kappa shape index (κ1) is 13.9. The lowest BCUT2D eigenvalue weighted by Crippen LogP contribution is -2.42. The van der Waals surface area contributed by atoms with Crippen LogP contribution in [0.3, 0.4) is 0 Å². The molecule has 0 aromatic heterocycles. The summed E-state index contributed by atoms with van der Waals surface area (Å²) in [5.74, 6) is 0. The van der Waals surface area contributed by atoms with Crippen molar-refractivity contribution in [2.75, 3.05) is 13.1 Å². The Morgan fingerprint density at radius 1 is 1.32 bits per heavy atom. The maximum absolute atomic E-state index is 12.3. The second kappa shape index (κ2) is 5.24. The van der Waals surface area contributed by atoms with Crippen molar-refractivity contribution in [1.82, 2.24) is 4.31 Å². The van der Waals surface area contributed by atoms with Gasteiger partial charge >= 0.3 is 0 Å². The lowest BCUT2D eigenvalue weighted by atomic mass is 10.1. The minimum absolute atomic E-state index is 0.00667. The minimum Gasteiger partial charge on any atom is -0.392 e. The second-order valence-corrected chi connectivity index (χ2v) is 6.35. The number of piperidine rings is 1. The molecule has 1 N–H and O–H groups in total. The topological polar surface area (TPSA) is 101 Å². The molecule has 7 nitrogen and oxygen atoms in total. The highest BCUT2D eigenvalue weighted by Gasteiger charge is 2.29. The highest BCUT2D eigenvalue weighted by molar-refractivity contribution is 7.89. The summed E-state index contributed by atoms with van der Waals surface area (Å²) in [5, 5.41) is 20.0. The second-order valence-electron chi connectivity index (χ2n) is 4.41. The van der Waals surface area contributed by atoms with Crippen LogP contribution in [0.4, 0.5) is 5.69 Å². The van der Waals surface area contributed by atoms with Gasteiger partial charge in [0.2, 0.25) is 10.0 Å². The number of aliphatic hydroxyl groups is 1. The van der Waals surface area contributed by atoms with Gasteiger partial charge in [0.15, 0.2) is 0 Å². The van der Waals surface area contributed by atoms with Gasteiger partial charge in [-0.3, -0.25) is 10.1 Å². The highest BCUT2D eigenvalue weighted by Crippen LogP contribution is 2.22. The van der Waals surface area contributed by atoms with Crippen LogP contribution in [0.2, 0.25) is 0 Å². The molecule has 1 unspecified atom stereocenters. The summed E-state index contributed by atoms with van der Waals surface area (Å²) in [6.45, 7) is 0.426. The van der Waals surface area contributed by atoms with Crippen LogP contribution >= 0.6 is 0 Å². The van der Waals surface area contributed by atoms with Gasteiger partial charge < -0.3 is 5.11 Å². The summed E-state index contributed by atoms with van der Waals surface area (Å²) in [4.78, 5) is 9.94. The molecule has 1 aliphatic heterocycles. The van der Waals surface area contributed by atoms with Gasteiger partial charge in [0, 0.05) is 25.2 Å². The number of non-ortho nitro benzene ring substituents is 1. The molecule has 1 aliphatic rings. The molecule has 1 aromatic rings. The number of hydrogen-bond donors (Lipinski definition) is 1. The molecule has 1 heterocycles. The fourth-order valence-corrected chi connectivity index (χ4v) is 3.54. The number of rotatable bonds is 3. The average Bonchev–Trinajstić information content (AvgIpc) is 2.39. The van der Waals surface area contributed by atoms with Crippen LogP contribution in [-0.2, 0) is 10.0 Å². The largest absolute Gasteiger partial charge is 0.392 e. The van der Waals surface area contributed by atoms with Crippen molar-refractivity contribution in [2.24, 2.45) is 0 Å².